The van der Waals surface area contributed by atoms with Crippen molar-refractivity contribution in [1.82, 2.24) is 0 Å². The fourth-order valence-electron chi connectivity index (χ4n) is 1.42. The molecule has 1 aromatic rings. The zero-order valence-electron chi connectivity index (χ0n) is 9.81. The second-order valence-corrected chi connectivity index (χ2v) is 7.03. The quantitative estimate of drug-likeness (QED) is 0.899. The molecule has 0 saturated heterocycles. The maximum Gasteiger partial charge on any atom is 0.147 e. The van der Waals surface area contributed by atoms with E-state index in [1.54, 1.807) is 13.2 Å². The molecule has 17 heavy (non-hydrogen) atoms. The second-order valence-electron chi connectivity index (χ2n) is 3.92. The van der Waals surface area contributed by atoms with E-state index in [-0.39, 0.29) is 11.8 Å². The molecule has 1 unspecified atom stereocenters. The fraction of sp³-hybridized carbons (Fsp3) is 0.455. The summed E-state index contributed by atoms with van der Waals surface area (Å²) in [6, 6.07) is 5.22. The fourth-order valence-corrected chi connectivity index (χ4v) is 2.66. The molecule has 0 amide bonds. The highest BCUT2D eigenvalue weighted by Crippen LogP contribution is 2.28. The molecule has 0 saturated carbocycles. The largest absolute Gasteiger partial charge is 0.496 e. The first kappa shape index (κ1) is 14.5. The van der Waals surface area contributed by atoms with Crippen molar-refractivity contribution in [3.05, 3.63) is 28.2 Å². The van der Waals surface area contributed by atoms with Gasteiger partial charge in [-0.25, -0.2) is 8.42 Å². The van der Waals surface area contributed by atoms with E-state index in [9.17, 15) is 8.42 Å². The topological polar surface area (TPSA) is 69.4 Å². The van der Waals surface area contributed by atoms with E-state index in [1.165, 1.54) is 6.26 Å². The number of sulfone groups is 1. The van der Waals surface area contributed by atoms with Gasteiger partial charge in [-0.2, -0.15) is 0 Å². The molecule has 4 nitrogen and oxygen atoms in total. The Kier molecular flexibility index (Phi) is 4.97. The molecule has 0 bridgehead atoms. The molecule has 96 valence electrons. The summed E-state index contributed by atoms with van der Waals surface area (Å²) < 4.78 is 28.0. The average Bonchev–Trinajstić information content (AvgIpc) is 2.24. The number of rotatable bonds is 5. The standard InChI is InChI=1S/C11H16BrNO3S/c1-16-11-4-3-8(7-9(11)12)10(13)5-6-17(2,14)15/h3-4,7,10H,5-6,13H2,1-2H3. The SMILES string of the molecule is COc1ccc(C(N)CCS(C)(=O)=O)cc1Br. The molecule has 2 N–H and O–H groups in total. The molecule has 0 aliphatic heterocycles. The summed E-state index contributed by atoms with van der Waals surface area (Å²) in [5.41, 5.74) is 6.83. The third-order valence-corrected chi connectivity index (χ3v) is 4.00. The van der Waals surface area contributed by atoms with Gasteiger partial charge in [0.2, 0.25) is 0 Å². The van der Waals surface area contributed by atoms with Gasteiger partial charge >= 0.3 is 0 Å². The van der Waals surface area contributed by atoms with Crippen LogP contribution in [0.2, 0.25) is 0 Å². The van der Waals surface area contributed by atoms with E-state index in [0.29, 0.717) is 6.42 Å². The van der Waals surface area contributed by atoms with Gasteiger partial charge in [0.1, 0.15) is 15.6 Å². The molecule has 1 aromatic carbocycles. The van der Waals surface area contributed by atoms with Crippen molar-refractivity contribution < 1.29 is 13.2 Å². The van der Waals surface area contributed by atoms with Crippen LogP contribution in [-0.4, -0.2) is 27.5 Å². The molecule has 1 rings (SSSR count). The van der Waals surface area contributed by atoms with Crippen molar-refractivity contribution in [2.75, 3.05) is 19.1 Å². The van der Waals surface area contributed by atoms with Crippen LogP contribution in [0.15, 0.2) is 22.7 Å². The highest BCUT2D eigenvalue weighted by atomic mass is 79.9. The van der Waals surface area contributed by atoms with Crippen molar-refractivity contribution in [3.8, 4) is 5.75 Å². The maximum atomic E-state index is 11.0. The van der Waals surface area contributed by atoms with Crippen LogP contribution in [-0.2, 0) is 9.84 Å². The summed E-state index contributed by atoms with van der Waals surface area (Å²) in [6.45, 7) is 0. The predicted octanol–water partition coefficient (Wildman–Crippen LogP) is 1.89. The summed E-state index contributed by atoms with van der Waals surface area (Å²) >= 11 is 3.37. The third kappa shape index (κ3) is 4.65. The van der Waals surface area contributed by atoms with Crippen LogP contribution >= 0.6 is 15.9 Å². The van der Waals surface area contributed by atoms with Crippen molar-refractivity contribution in [1.29, 1.82) is 0 Å². The zero-order chi connectivity index (χ0) is 13.1. The first-order valence-electron chi connectivity index (χ1n) is 5.10. The van der Waals surface area contributed by atoms with E-state index >= 15 is 0 Å². The molecule has 0 fully saturated rings. The second kappa shape index (κ2) is 5.84. The summed E-state index contributed by atoms with van der Waals surface area (Å²) in [6.07, 6.45) is 1.63. The van der Waals surface area contributed by atoms with Crippen molar-refractivity contribution in [2.45, 2.75) is 12.5 Å². The molecule has 6 heteroatoms. The number of nitrogens with two attached hydrogens (primary N) is 1. The van der Waals surface area contributed by atoms with E-state index in [4.69, 9.17) is 10.5 Å². The first-order chi connectivity index (χ1) is 7.83. The highest BCUT2D eigenvalue weighted by Gasteiger charge is 2.11. The Morgan fingerprint density at radius 3 is 2.59 bits per heavy atom. The Bertz CT molecular complexity index is 487. The van der Waals surface area contributed by atoms with Gasteiger partial charge in [0.15, 0.2) is 0 Å². The van der Waals surface area contributed by atoms with Crippen molar-refractivity contribution >= 4 is 25.8 Å². The molecule has 1 atom stereocenters. The number of hydrogen-bond donors (Lipinski definition) is 1. The van der Waals surface area contributed by atoms with Crippen LogP contribution in [0.3, 0.4) is 0 Å². The van der Waals surface area contributed by atoms with Gasteiger partial charge in [-0.3, -0.25) is 0 Å². The highest BCUT2D eigenvalue weighted by molar-refractivity contribution is 9.10. The molecule has 0 aliphatic carbocycles. The van der Waals surface area contributed by atoms with E-state index < -0.39 is 9.84 Å². The number of benzene rings is 1. The Hall–Kier alpha value is -0.590. The Morgan fingerprint density at radius 2 is 2.12 bits per heavy atom. The average molecular weight is 322 g/mol. The van der Waals surface area contributed by atoms with Crippen LogP contribution in [0.25, 0.3) is 0 Å². The zero-order valence-corrected chi connectivity index (χ0v) is 12.2. The lowest BCUT2D eigenvalue weighted by molar-refractivity contribution is 0.412. The van der Waals surface area contributed by atoms with Crippen LogP contribution in [0, 0.1) is 0 Å². The lowest BCUT2D eigenvalue weighted by Crippen LogP contribution is -2.15. The molecule has 0 aromatic heterocycles. The molecule has 0 spiro atoms. The van der Waals surface area contributed by atoms with Crippen LogP contribution in [0.5, 0.6) is 5.75 Å². The summed E-state index contributed by atoms with van der Waals surface area (Å²) in [5.74, 6) is 0.821. The monoisotopic (exact) mass is 321 g/mol. The Balaban J connectivity index is 2.76. The molecule has 0 aliphatic rings. The number of halogens is 1. The van der Waals surface area contributed by atoms with Gasteiger partial charge in [-0.05, 0) is 40.0 Å². The van der Waals surface area contributed by atoms with E-state index in [1.807, 2.05) is 12.1 Å². The predicted molar refractivity (Wildman–Crippen MR) is 72.0 cm³/mol. The number of hydrogen-bond acceptors (Lipinski definition) is 4. The Morgan fingerprint density at radius 1 is 1.47 bits per heavy atom. The van der Waals surface area contributed by atoms with Crippen molar-refractivity contribution in [3.63, 3.8) is 0 Å². The van der Waals surface area contributed by atoms with Crippen molar-refractivity contribution in [2.24, 2.45) is 5.73 Å². The molecule has 0 heterocycles. The van der Waals surface area contributed by atoms with Gasteiger partial charge in [-0.15, -0.1) is 0 Å². The third-order valence-electron chi connectivity index (χ3n) is 2.40. The lowest BCUT2D eigenvalue weighted by Gasteiger charge is -2.13. The van der Waals surface area contributed by atoms with Gasteiger partial charge in [0, 0.05) is 12.3 Å². The normalized spacial score (nSPS) is 13.4. The molecule has 0 radical (unpaired) electrons. The van der Waals surface area contributed by atoms with E-state index in [2.05, 4.69) is 15.9 Å². The maximum absolute atomic E-state index is 11.0. The van der Waals surface area contributed by atoms with Gasteiger partial charge in [0.25, 0.3) is 0 Å². The Labute approximate surface area is 110 Å². The lowest BCUT2D eigenvalue weighted by atomic mass is 10.1. The summed E-state index contributed by atoms with van der Waals surface area (Å²) in [7, 11) is -1.38. The van der Waals surface area contributed by atoms with Gasteiger partial charge in [0.05, 0.1) is 17.3 Å². The molecular weight excluding hydrogens is 306 g/mol. The minimum atomic E-state index is -2.97. The van der Waals surface area contributed by atoms with Crippen LogP contribution in [0.4, 0.5) is 0 Å². The minimum Gasteiger partial charge on any atom is -0.496 e. The smallest absolute Gasteiger partial charge is 0.147 e. The number of methoxy groups -OCH3 is 1. The van der Waals surface area contributed by atoms with Crippen LogP contribution in [0.1, 0.15) is 18.0 Å². The first-order valence-corrected chi connectivity index (χ1v) is 7.95. The van der Waals surface area contributed by atoms with Gasteiger partial charge in [-0.1, -0.05) is 6.07 Å². The summed E-state index contributed by atoms with van der Waals surface area (Å²) in [4.78, 5) is 0. The summed E-state index contributed by atoms with van der Waals surface area (Å²) in [5, 5.41) is 0. The van der Waals surface area contributed by atoms with E-state index in [0.717, 1.165) is 15.8 Å². The van der Waals surface area contributed by atoms with Crippen LogP contribution < -0.4 is 10.5 Å². The minimum absolute atomic E-state index is 0.0951. The van der Waals surface area contributed by atoms with Gasteiger partial charge < -0.3 is 10.5 Å². The number of ether oxygens (including phenoxy) is 1. The molecular formula is C11H16BrNO3S.